The summed E-state index contributed by atoms with van der Waals surface area (Å²) in [4.78, 5) is 2.53. The first-order valence-electron chi connectivity index (χ1n) is 6.33. The molecule has 1 fully saturated rings. The predicted molar refractivity (Wildman–Crippen MR) is 66.2 cm³/mol. The Bertz CT molecular complexity index is 382. The summed E-state index contributed by atoms with van der Waals surface area (Å²) in [5.41, 5.74) is 9.47. The van der Waals surface area contributed by atoms with Crippen LogP contribution in [-0.4, -0.2) is 23.5 Å². The molecule has 0 saturated heterocycles. The molecular formula is C14H20N2. The number of fused-ring (bicyclic) bond motifs is 1. The van der Waals surface area contributed by atoms with Gasteiger partial charge in [0.15, 0.2) is 0 Å². The summed E-state index contributed by atoms with van der Waals surface area (Å²) >= 11 is 0. The lowest BCUT2D eigenvalue weighted by molar-refractivity contribution is 0.135. The predicted octanol–water partition coefficient (Wildman–Crippen LogP) is 1.93. The van der Waals surface area contributed by atoms with E-state index in [-0.39, 0.29) is 5.54 Å². The van der Waals surface area contributed by atoms with E-state index in [9.17, 15) is 0 Å². The molecule has 2 aliphatic rings. The normalized spacial score (nSPS) is 23.6. The molecule has 0 unspecified atom stereocenters. The molecule has 16 heavy (non-hydrogen) atoms. The zero-order valence-electron chi connectivity index (χ0n) is 9.78. The summed E-state index contributed by atoms with van der Waals surface area (Å²) in [6, 6.07) is 8.80. The van der Waals surface area contributed by atoms with E-state index in [4.69, 9.17) is 5.73 Å². The first kappa shape index (κ1) is 10.3. The number of nitrogens with zero attached hydrogens (tertiary/aromatic N) is 1. The van der Waals surface area contributed by atoms with Crippen molar-refractivity contribution in [2.75, 3.05) is 13.1 Å². The zero-order chi connectivity index (χ0) is 11.0. The van der Waals surface area contributed by atoms with Gasteiger partial charge in [-0.15, -0.1) is 0 Å². The summed E-state index contributed by atoms with van der Waals surface area (Å²) in [6.45, 7) is 3.35. The highest BCUT2D eigenvalue weighted by molar-refractivity contribution is 5.29. The van der Waals surface area contributed by atoms with E-state index in [0.29, 0.717) is 0 Å². The first-order chi connectivity index (χ1) is 7.75. The van der Waals surface area contributed by atoms with E-state index in [1.807, 2.05) is 0 Å². The highest BCUT2D eigenvalue weighted by atomic mass is 15.2. The molecule has 0 atom stereocenters. The minimum Gasteiger partial charge on any atom is -0.324 e. The van der Waals surface area contributed by atoms with Crippen molar-refractivity contribution in [1.82, 2.24) is 4.90 Å². The Labute approximate surface area is 97.4 Å². The molecule has 1 aliphatic carbocycles. The van der Waals surface area contributed by atoms with Crippen molar-refractivity contribution >= 4 is 0 Å². The second-order valence-electron chi connectivity index (χ2n) is 5.45. The highest BCUT2D eigenvalue weighted by Crippen LogP contribution is 2.31. The molecule has 2 N–H and O–H groups in total. The van der Waals surface area contributed by atoms with Gasteiger partial charge in [-0.25, -0.2) is 0 Å². The lowest BCUT2D eigenvalue weighted by atomic mass is 9.77. The molecule has 2 heteroatoms. The summed E-state index contributed by atoms with van der Waals surface area (Å²) < 4.78 is 0. The Morgan fingerprint density at radius 2 is 1.94 bits per heavy atom. The highest BCUT2D eigenvalue weighted by Gasteiger charge is 2.34. The molecule has 0 amide bonds. The quantitative estimate of drug-likeness (QED) is 0.818. The van der Waals surface area contributed by atoms with Crippen LogP contribution in [0.4, 0.5) is 0 Å². The molecule has 86 valence electrons. The smallest absolute Gasteiger partial charge is 0.0283 e. The van der Waals surface area contributed by atoms with Crippen molar-refractivity contribution in [1.29, 1.82) is 0 Å². The van der Waals surface area contributed by atoms with Gasteiger partial charge in [0.25, 0.3) is 0 Å². The molecule has 0 radical (unpaired) electrons. The van der Waals surface area contributed by atoms with Gasteiger partial charge in [-0.2, -0.15) is 0 Å². The van der Waals surface area contributed by atoms with Crippen molar-refractivity contribution < 1.29 is 0 Å². The number of rotatable bonds is 2. The van der Waals surface area contributed by atoms with Gasteiger partial charge in [0, 0.05) is 25.2 Å². The fourth-order valence-corrected chi connectivity index (χ4v) is 2.92. The van der Waals surface area contributed by atoms with Gasteiger partial charge in [-0.05, 0) is 36.8 Å². The van der Waals surface area contributed by atoms with Gasteiger partial charge in [-0.1, -0.05) is 24.3 Å². The SMILES string of the molecule is NC1(CN2CCc3ccccc3C2)CCC1. The van der Waals surface area contributed by atoms with Crippen LogP contribution in [0.15, 0.2) is 24.3 Å². The van der Waals surface area contributed by atoms with Gasteiger partial charge in [0.1, 0.15) is 0 Å². The average molecular weight is 216 g/mol. The Kier molecular flexibility index (Phi) is 2.49. The summed E-state index contributed by atoms with van der Waals surface area (Å²) in [5, 5.41) is 0. The van der Waals surface area contributed by atoms with Crippen LogP contribution in [0.25, 0.3) is 0 Å². The van der Waals surface area contributed by atoms with E-state index in [0.717, 1.165) is 13.1 Å². The van der Waals surface area contributed by atoms with Gasteiger partial charge in [0.2, 0.25) is 0 Å². The van der Waals surface area contributed by atoms with E-state index in [1.54, 1.807) is 0 Å². The molecule has 0 spiro atoms. The maximum atomic E-state index is 6.31. The second-order valence-corrected chi connectivity index (χ2v) is 5.45. The molecular weight excluding hydrogens is 196 g/mol. The Hall–Kier alpha value is -0.860. The van der Waals surface area contributed by atoms with E-state index >= 15 is 0 Å². The third-order valence-electron chi connectivity index (χ3n) is 4.10. The molecule has 1 heterocycles. The van der Waals surface area contributed by atoms with Crippen LogP contribution in [0.3, 0.4) is 0 Å². The summed E-state index contributed by atoms with van der Waals surface area (Å²) in [6.07, 6.45) is 4.93. The Morgan fingerprint density at radius 3 is 2.62 bits per heavy atom. The second kappa shape index (κ2) is 3.86. The maximum Gasteiger partial charge on any atom is 0.0283 e. The average Bonchev–Trinajstić information content (AvgIpc) is 2.27. The van der Waals surface area contributed by atoms with Crippen LogP contribution in [0.5, 0.6) is 0 Å². The Morgan fingerprint density at radius 1 is 1.19 bits per heavy atom. The van der Waals surface area contributed by atoms with Gasteiger partial charge >= 0.3 is 0 Å². The van der Waals surface area contributed by atoms with Crippen LogP contribution in [0.1, 0.15) is 30.4 Å². The fraction of sp³-hybridized carbons (Fsp3) is 0.571. The van der Waals surface area contributed by atoms with Crippen LogP contribution < -0.4 is 5.73 Å². The zero-order valence-corrected chi connectivity index (χ0v) is 9.78. The van der Waals surface area contributed by atoms with Crippen molar-refractivity contribution in [3.8, 4) is 0 Å². The number of hydrogen-bond donors (Lipinski definition) is 1. The third-order valence-corrected chi connectivity index (χ3v) is 4.10. The maximum absolute atomic E-state index is 6.31. The van der Waals surface area contributed by atoms with Crippen molar-refractivity contribution in [3.05, 3.63) is 35.4 Å². The number of nitrogens with two attached hydrogens (primary N) is 1. The largest absolute Gasteiger partial charge is 0.324 e. The molecule has 0 bridgehead atoms. The van der Waals surface area contributed by atoms with E-state index < -0.39 is 0 Å². The Balaban J connectivity index is 1.68. The van der Waals surface area contributed by atoms with Crippen LogP contribution in [-0.2, 0) is 13.0 Å². The standard InChI is InChI=1S/C14H20N2/c15-14(7-3-8-14)11-16-9-6-12-4-1-2-5-13(12)10-16/h1-2,4-5H,3,6-11,15H2. The van der Waals surface area contributed by atoms with Crippen molar-refractivity contribution in [3.63, 3.8) is 0 Å². The summed E-state index contributed by atoms with van der Waals surface area (Å²) in [7, 11) is 0. The fourth-order valence-electron chi connectivity index (χ4n) is 2.92. The van der Waals surface area contributed by atoms with Crippen LogP contribution >= 0.6 is 0 Å². The van der Waals surface area contributed by atoms with Crippen molar-refractivity contribution in [2.24, 2.45) is 5.73 Å². The molecule has 0 aromatic heterocycles. The van der Waals surface area contributed by atoms with Crippen LogP contribution in [0.2, 0.25) is 0 Å². The van der Waals surface area contributed by atoms with E-state index in [1.165, 1.54) is 43.4 Å². The topological polar surface area (TPSA) is 29.3 Å². The molecule has 1 aromatic rings. The molecule has 1 saturated carbocycles. The molecule has 2 nitrogen and oxygen atoms in total. The third kappa shape index (κ3) is 1.87. The lowest BCUT2D eigenvalue weighted by Crippen LogP contribution is -2.55. The number of benzene rings is 1. The molecule has 1 aromatic carbocycles. The van der Waals surface area contributed by atoms with E-state index in [2.05, 4.69) is 29.2 Å². The monoisotopic (exact) mass is 216 g/mol. The van der Waals surface area contributed by atoms with Crippen molar-refractivity contribution in [2.45, 2.75) is 37.8 Å². The molecule has 1 aliphatic heterocycles. The van der Waals surface area contributed by atoms with Crippen LogP contribution in [0, 0.1) is 0 Å². The lowest BCUT2D eigenvalue weighted by Gasteiger charge is -2.43. The summed E-state index contributed by atoms with van der Waals surface area (Å²) in [5.74, 6) is 0. The van der Waals surface area contributed by atoms with Gasteiger partial charge < -0.3 is 5.73 Å². The molecule has 3 rings (SSSR count). The van der Waals surface area contributed by atoms with Gasteiger partial charge in [-0.3, -0.25) is 4.90 Å². The minimum absolute atomic E-state index is 0.131. The first-order valence-corrected chi connectivity index (χ1v) is 6.33. The van der Waals surface area contributed by atoms with Gasteiger partial charge in [0.05, 0.1) is 0 Å². The number of hydrogen-bond acceptors (Lipinski definition) is 2. The minimum atomic E-state index is 0.131.